The summed E-state index contributed by atoms with van der Waals surface area (Å²) in [7, 11) is 1.72. The van der Waals surface area contributed by atoms with Crippen molar-refractivity contribution in [1.82, 2.24) is 10.2 Å². The van der Waals surface area contributed by atoms with E-state index >= 15 is 0 Å². The van der Waals surface area contributed by atoms with Gasteiger partial charge in [-0.3, -0.25) is 4.90 Å². The molecule has 0 bridgehead atoms. The molecule has 29 heavy (non-hydrogen) atoms. The van der Waals surface area contributed by atoms with Crippen LogP contribution in [-0.2, 0) is 16.8 Å². The van der Waals surface area contributed by atoms with E-state index in [1.807, 2.05) is 6.07 Å². The molecule has 1 aromatic heterocycles. The maximum absolute atomic E-state index is 12.4. The number of nitrogens with one attached hydrogen (secondary N) is 2. The number of halogens is 1. The summed E-state index contributed by atoms with van der Waals surface area (Å²) in [4.78, 5) is 14.7. The number of carbonyl (C=O) groups is 1. The molecule has 0 radical (unpaired) electrons. The highest BCUT2D eigenvalue weighted by atomic mass is 35.5. The van der Waals surface area contributed by atoms with Gasteiger partial charge in [-0.05, 0) is 38.8 Å². The number of furan rings is 1. The normalized spacial score (nSPS) is 18.3. The summed E-state index contributed by atoms with van der Waals surface area (Å²) in [5.74, 6) is 0.900. The lowest BCUT2D eigenvalue weighted by atomic mass is 9.74. The molecule has 1 aliphatic heterocycles. The van der Waals surface area contributed by atoms with Gasteiger partial charge in [0.15, 0.2) is 0 Å². The summed E-state index contributed by atoms with van der Waals surface area (Å²) in [6.07, 6.45) is 5.17. The van der Waals surface area contributed by atoms with E-state index in [1.54, 1.807) is 7.11 Å². The largest absolute Gasteiger partial charge is 0.459 e. The topological polar surface area (TPSA) is 66.7 Å². The predicted molar refractivity (Wildman–Crippen MR) is 116 cm³/mol. The molecule has 1 saturated carbocycles. The monoisotopic (exact) mass is 419 g/mol. The lowest BCUT2D eigenvalue weighted by molar-refractivity contribution is 0.120. The number of urea groups is 1. The van der Waals surface area contributed by atoms with Crippen molar-refractivity contribution in [2.45, 2.75) is 64.1 Å². The van der Waals surface area contributed by atoms with E-state index in [9.17, 15) is 4.79 Å². The van der Waals surface area contributed by atoms with Crippen LogP contribution in [0.3, 0.4) is 0 Å². The molecular weight excluding hydrogens is 390 g/mol. The van der Waals surface area contributed by atoms with E-state index in [0.29, 0.717) is 29.9 Å². The van der Waals surface area contributed by atoms with Gasteiger partial charge in [-0.15, -0.1) is 0 Å². The Morgan fingerprint density at radius 3 is 2.72 bits per heavy atom. The molecule has 158 valence electrons. The maximum atomic E-state index is 12.4. The van der Waals surface area contributed by atoms with Gasteiger partial charge in [0.25, 0.3) is 0 Å². The van der Waals surface area contributed by atoms with Crippen LogP contribution < -0.4 is 10.6 Å². The summed E-state index contributed by atoms with van der Waals surface area (Å²) in [5, 5.41) is 7.68. The zero-order chi connectivity index (χ0) is 20.6. The van der Waals surface area contributed by atoms with Crippen LogP contribution in [0.4, 0.5) is 10.5 Å². The highest BCUT2D eigenvalue weighted by Crippen LogP contribution is 2.49. The highest BCUT2D eigenvalue weighted by molar-refractivity contribution is 6.35. The number of amides is 2. The van der Waals surface area contributed by atoms with Crippen LogP contribution in [0.1, 0.15) is 57.3 Å². The van der Waals surface area contributed by atoms with Crippen molar-refractivity contribution in [2.24, 2.45) is 0 Å². The number of nitrogens with zero attached hydrogens (tertiary/aromatic N) is 1. The summed E-state index contributed by atoms with van der Waals surface area (Å²) in [6.45, 7) is 6.57. The fraction of sp³-hybridized carbons (Fsp3) is 0.591. The quantitative estimate of drug-likeness (QED) is 0.672. The molecule has 2 amide bonds. The number of ether oxygens (including phenoxy) is 1. The average Bonchev–Trinajstić information content (AvgIpc) is 3.07. The van der Waals surface area contributed by atoms with Crippen LogP contribution >= 0.6 is 11.6 Å². The Kier molecular flexibility index (Phi) is 5.78. The third kappa shape index (κ3) is 3.86. The first-order valence-corrected chi connectivity index (χ1v) is 10.9. The van der Waals surface area contributed by atoms with Crippen molar-refractivity contribution >= 4 is 34.3 Å². The van der Waals surface area contributed by atoms with Gasteiger partial charge in [0.2, 0.25) is 0 Å². The van der Waals surface area contributed by atoms with Gasteiger partial charge >= 0.3 is 6.03 Å². The van der Waals surface area contributed by atoms with Crippen molar-refractivity contribution in [3.8, 4) is 0 Å². The molecule has 0 unspecified atom stereocenters. The molecule has 7 heteroatoms. The molecular formula is C22H30ClN3O3. The molecule has 1 fully saturated rings. The summed E-state index contributed by atoms with van der Waals surface area (Å²) in [6, 6.07) is 4.18. The zero-order valence-electron chi connectivity index (χ0n) is 17.4. The second-order valence-electron chi connectivity index (χ2n) is 8.52. The Morgan fingerprint density at radius 1 is 1.28 bits per heavy atom. The van der Waals surface area contributed by atoms with E-state index in [2.05, 4.69) is 35.4 Å². The Hall–Kier alpha value is -1.76. The van der Waals surface area contributed by atoms with Crippen LogP contribution in [0, 0.1) is 0 Å². The lowest BCUT2D eigenvalue weighted by Crippen LogP contribution is -2.52. The predicted octanol–water partition coefficient (Wildman–Crippen LogP) is 5.24. The van der Waals surface area contributed by atoms with Crippen LogP contribution in [0.2, 0.25) is 5.02 Å². The smallest absolute Gasteiger partial charge is 0.319 e. The van der Waals surface area contributed by atoms with Gasteiger partial charge in [0.05, 0.1) is 29.4 Å². The van der Waals surface area contributed by atoms with Crippen molar-refractivity contribution in [2.75, 3.05) is 25.6 Å². The minimum absolute atomic E-state index is 0.182. The van der Waals surface area contributed by atoms with Gasteiger partial charge in [-0.25, -0.2) is 4.79 Å². The van der Waals surface area contributed by atoms with E-state index in [1.165, 1.54) is 6.42 Å². The molecule has 4 rings (SSSR count). The van der Waals surface area contributed by atoms with Crippen LogP contribution in [0.15, 0.2) is 16.5 Å². The van der Waals surface area contributed by atoms with Gasteiger partial charge in [0, 0.05) is 30.6 Å². The Labute approximate surface area is 176 Å². The summed E-state index contributed by atoms with van der Waals surface area (Å²) in [5.41, 5.74) is 2.15. The number of anilines is 1. The van der Waals surface area contributed by atoms with Gasteiger partial charge in [-0.1, -0.05) is 30.9 Å². The van der Waals surface area contributed by atoms with Gasteiger partial charge < -0.3 is 19.8 Å². The number of methoxy groups -OCH3 is 1. The molecule has 2 aromatic rings. The molecule has 1 aliphatic carbocycles. The first-order chi connectivity index (χ1) is 13.9. The third-order valence-corrected chi connectivity index (χ3v) is 6.56. The number of benzene rings is 1. The molecule has 1 spiro atoms. The van der Waals surface area contributed by atoms with Crippen molar-refractivity contribution < 1.29 is 13.9 Å². The standard InChI is InChI=1S/C22H30ClN3O3/c1-14(2)26(9-10-28-3)13-16-11-15-12-17(23)19-18(20(15)29-16)22(25-21(27)24-19)7-5-4-6-8-22/h11-12,14H,4-10,13H2,1-3H3,(H2,24,25,27). The summed E-state index contributed by atoms with van der Waals surface area (Å²) >= 11 is 6.61. The third-order valence-electron chi connectivity index (χ3n) is 6.26. The first-order valence-electron chi connectivity index (χ1n) is 10.5. The number of rotatable bonds is 6. The van der Waals surface area contributed by atoms with Gasteiger partial charge in [-0.2, -0.15) is 0 Å². The molecule has 0 atom stereocenters. The molecule has 1 aromatic carbocycles. The highest BCUT2D eigenvalue weighted by Gasteiger charge is 2.43. The van der Waals surface area contributed by atoms with E-state index in [0.717, 1.165) is 54.5 Å². The number of hydrogen-bond acceptors (Lipinski definition) is 4. The fourth-order valence-corrected chi connectivity index (χ4v) is 5.00. The molecule has 6 nitrogen and oxygen atoms in total. The fourth-order valence-electron chi connectivity index (χ4n) is 4.74. The maximum Gasteiger partial charge on any atom is 0.319 e. The van der Waals surface area contributed by atoms with Crippen LogP contribution in [0.25, 0.3) is 11.0 Å². The Bertz CT molecular complexity index is 902. The minimum atomic E-state index is -0.401. The van der Waals surface area contributed by atoms with Crippen LogP contribution in [0.5, 0.6) is 0 Å². The van der Waals surface area contributed by atoms with E-state index in [4.69, 9.17) is 20.8 Å². The van der Waals surface area contributed by atoms with E-state index in [-0.39, 0.29) is 6.03 Å². The van der Waals surface area contributed by atoms with E-state index < -0.39 is 5.54 Å². The molecule has 2 aliphatic rings. The summed E-state index contributed by atoms with van der Waals surface area (Å²) < 4.78 is 11.7. The lowest BCUT2D eigenvalue weighted by Gasteiger charge is -2.42. The van der Waals surface area contributed by atoms with Crippen molar-refractivity contribution in [1.29, 1.82) is 0 Å². The first kappa shape index (κ1) is 20.5. The number of fused-ring (bicyclic) bond motifs is 4. The number of hydrogen-bond donors (Lipinski definition) is 2. The second kappa shape index (κ2) is 8.17. The Balaban J connectivity index is 1.78. The van der Waals surface area contributed by atoms with Crippen LogP contribution in [-0.4, -0.2) is 37.2 Å². The zero-order valence-corrected chi connectivity index (χ0v) is 18.2. The molecule has 0 saturated heterocycles. The molecule has 2 heterocycles. The minimum Gasteiger partial charge on any atom is -0.459 e. The van der Waals surface area contributed by atoms with Crippen molar-refractivity contribution in [3.63, 3.8) is 0 Å². The average molecular weight is 420 g/mol. The second-order valence-corrected chi connectivity index (χ2v) is 8.93. The van der Waals surface area contributed by atoms with Crippen molar-refractivity contribution in [3.05, 3.63) is 28.5 Å². The number of carbonyl (C=O) groups excluding carboxylic acids is 1. The molecule has 2 N–H and O–H groups in total. The SMILES string of the molecule is COCCN(Cc1cc2cc(Cl)c3c(c2o1)C1(CCCCC1)NC(=O)N3)C(C)C. The van der Waals surface area contributed by atoms with Gasteiger partial charge in [0.1, 0.15) is 11.3 Å². The Morgan fingerprint density at radius 2 is 2.03 bits per heavy atom.